The van der Waals surface area contributed by atoms with Gasteiger partial charge in [0, 0.05) is 0 Å². The first-order valence-electron chi connectivity index (χ1n) is 6.35. The van der Waals surface area contributed by atoms with E-state index in [1.807, 2.05) is 0 Å². The third-order valence-electron chi connectivity index (χ3n) is 3.91. The van der Waals surface area contributed by atoms with Gasteiger partial charge in [0.25, 0.3) is 0 Å². The van der Waals surface area contributed by atoms with Crippen LogP contribution in [0, 0.1) is 11.3 Å². The van der Waals surface area contributed by atoms with Crippen molar-refractivity contribution in [3.63, 3.8) is 0 Å². The van der Waals surface area contributed by atoms with Crippen molar-refractivity contribution in [2.45, 2.75) is 64.7 Å². The van der Waals surface area contributed by atoms with Gasteiger partial charge in [-0.3, -0.25) is 0 Å². The zero-order valence-corrected chi connectivity index (χ0v) is 10.5. The molecule has 0 bridgehead atoms. The van der Waals surface area contributed by atoms with Crippen molar-refractivity contribution >= 4 is 0 Å². The van der Waals surface area contributed by atoms with Crippen molar-refractivity contribution in [2.24, 2.45) is 11.3 Å². The van der Waals surface area contributed by atoms with E-state index in [1.165, 1.54) is 5.57 Å². The van der Waals surface area contributed by atoms with Gasteiger partial charge in [0.2, 0.25) is 0 Å². The molecule has 92 valence electrons. The smallest absolute Gasteiger partial charge is 0.119 e. The molecule has 0 aromatic heterocycles. The van der Waals surface area contributed by atoms with Crippen molar-refractivity contribution in [1.29, 1.82) is 0 Å². The summed E-state index contributed by atoms with van der Waals surface area (Å²) in [4.78, 5) is 0. The molecule has 1 fully saturated rings. The van der Waals surface area contributed by atoms with Crippen LogP contribution < -0.4 is 0 Å². The number of hydrogen-bond donors (Lipinski definition) is 0. The topological polar surface area (TPSA) is 0 Å². The van der Waals surface area contributed by atoms with Crippen LogP contribution in [0.3, 0.4) is 0 Å². The SMILES string of the molecule is CC(C)(C)C1=CC(F)CC1CCC1(F)CC1. The zero-order chi connectivity index (χ0) is 12.0. The van der Waals surface area contributed by atoms with Crippen LogP contribution in [0.15, 0.2) is 11.6 Å². The van der Waals surface area contributed by atoms with E-state index < -0.39 is 11.8 Å². The van der Waals surface area contributed by atoms with Gasteiger partial charge in [-0.25, -0.2) is 8.78 Å². The maximum absolute atomic E-state index is 13.6. The molecule has 0 amide bonds. The fourth-order valence-corrected chi connectivity index (χ4v) is 2.75. The molecule has 0 aliphatic heterocycles. The Hall–Kier alpha value is -0.400. The first-order chi connectivity index (χ1) is 7.30. The Morgan fingerprint density at radius 2 is 2.00 bits per heavy atom. The van der Waals surface area contributed by atoms with Crippen LogP contribution in [0.2, 0.25) is 0 Å². The lowest BCUT2D eigenvalue weighted by Crippen LogP contribution is -2.16. The van der Waals surface area contributed by atoms with E-state index >= 15 is 0 Å². The highest BCUT2D eigenvalue weighted by Crippen LogP contribution is 2.48. The summed E-state index contributed by atoms with van der Waals surface area (Å²) < 4.78 is 27.0. The zero-order valence-electron chi connectivity index (χ0n) is 10.5. The van der Waals surface area contributed by atoms with E-state index in [0.29, 0.717) is 25.7 Å². The van der Waals surface area contributed by atoms with E-state index in [0.717, 1.165) is 6.42 Å². The van der Waals surface area contributed by atoms with Crippen molar-refractivity contribution in [2.75, 3.05) is 0 Å². The average molecular weight is 228 g/mol. The summed E-state index contributed by atoms with van der Waals surface area (Å²) in [6, 6.07) is 0. The first-order valence-corrected chi connectivity index (χ1v) is 6.35. The molecule has 2 aliphatic carbocycles. The third kappa shape index (κ3) is 2.64. The minimum absolute atomic E-state index is 0.0263. The van der Waals surface area contributed by atoms with Gasteiger partial charge < -0.3 is 0 Å². The molecule has 0 spiro atoms. The quantitative estimate of drug-likeness (QED) is 0.619. The average Bonchev–Trinajstić information content (AvgIpc) is 2.73. The molecule has 2 unspecified atom stereocenters. The fourth-order valence-electron chi connectivity index (χ4n) is 2.75. The van der Waals surface area contributed by atoms with Crippen LogP contribution in [0.4, 0.5) is 8.78 Å². The van der Waals surface area contributed by atoms with Gasteiger partial charge in [0.1, 0.15) is 11.8 Å². The predicted octanol–water partition coefficient (Wildman–Crippen LogP) is 4.60. The van der Waals surface area contributed by atoms with Crippen LogP contribution >= 0.6 is 0 Å². The molecule has 0 N–H and O–H groups in total. The summed E-state index contributed by atoms with van der Waals surface area (Å²) in [5.74, 6) is 0.267. The maximum atomic E-state index is 13.6. The Balaban J connectivity index is 1.96. The Kier molecular flexibility index (Phi) is 2.88. The lowest BCUT2D eigenvalue weighted by molar-refractivity contribution is 0.255. The molecular formula is C14H22F2. The normalized spacial score (nSPS) is 32.7. The van der Waals surface area contributed by atoms with Gasteiger partial charge >= 0.3 is 0 Å². The molecule has 2 rings (SSSR count). The summed E-state index contributed by atoms with van der Waals surface area (Å²) in [5.41, 5.74) is 0.333. The van der Waals surface area contributed by atoms with Crippen LogP contribution in [0.1, 0.15) is 52.9 Å². The highest BCUT2D eigenvalue weighted by molar-refractivity contribution is 5.22. The molecule has 0 heterocycles. The highest BCUT2D eigenvalue weighted by atomic mass is 19.1. The van der Waals surface area contributed by atoms with Crippen LogP contribution in [-0.2, 0) is 0 Å². The molecule has 2 aliphatic rings. The molecule has 0 nitrogen and oxygen atoms in total. The fraction of sp³-hybridized carbons (Fsp3) is 0.857. The second-order valence-corrected chi connectivity index (χ2v) is 6.51. The van der Waals surface area contributed by atoms with Crippen LogP contribution in [-0.4, -0.2) is 11.8 Å². The Bertz CT molecular complexity index is 294. The second-order valence-electron chi connectivity index (χ2n) is 6.51. The van der Waals surface area contributed by atoms with Gasteiger partial charge in [-0.1, -0.05) is 32.4 Å². The summed E-state index contributed by atoms with van der Waals surface area (Å²) in [6.07, 6.45) is 4.40. The van der Waals surface area contributed by atoms with Gasteiger partial charge in [0.15, 0.2) is 0 Å². The monoisotopic (exact) mass is 228 g/mol. The highest BCUT2D eigenvalue weighted by Gasteiger charge is 2.44. The van der Waals surface area contributed by atoms with Crippen molar-refractivity contribution in [3.8, 4) is 0 Å². The van der Waals surface area contributed by atoms with E-state index in [-0.39, 0.29) is 11.3 Å². The van der Waals surface area contributed by atoms with E-state index in [1.54, 1.807) is 6.08 Å². The summed E-state index contributed by atoms with van der Waals surface area (Å²) >= 11 is 0. The molecule has 0 radical (unpaired) electrons. The Morgan fingerprint density at radius 3 is 2.50 bits per heavy atom. The summed E-state index contributed by atoms with van der Waals surface area (Å²) in [5, 5.41) is 0. The number of allylic oxidation sites excluding steroid dienone is 2. The Labute approximate surface area is 97.1 Å². The summed E-state index contributed by atoms with van der Waals surface area (Å²) in [7, 11) is 0. The van der Waals surface area contributed by atoms with Gasteiger partial charge in [-0.2, -0.15) is 0 Å². The van der Waals surface area contributed by atoms with Gasteiger partial charge in [-0.15, -0.1) is 0 Å². The van der Waals surface area contributed by atoms with E-state index in [2.05, 4.69) is 20.8 Å². The van der Waals surface area contributed by atoms with E-state index in [4.69, 9.17) is 0 Å². The van der Waals surface area contributed by atoms with Gasteiger partial charge in [0.05, 0.1) is 0 Å². The van der Waals surface area contributed by atoms with E-state index in [9.17, 15) is 8.78 Å². The number of halogens is 2. The van der Waals surface area contributed by atoms with Crippen molar-refractivity contribution in [1.82, 2.24) is 0 Å². The molecular weight excluding hydrogens is 206 g/mol. The van der Waals surface area contributed by atoms with Crippen molar-refractivity contribution < 1.29 is 8.78 Å². The molecule has 2 heteroatoms. The predicted molar refractivity (Wildman–Crippen MR) is 62.8 cm³/mol. The van der Waals surface area contributed by atoms with Gasteiger partial charge in [-0.05, 0) is 43.4 Å². The Morgan fingerprint density at radius 1 is 1.38 bits per heavy atom. The second kappa shape index (κ2) is 3.82. The largest absolute Gasteiger partial charge is 0.244 e. The summed E-state index contributed by atoms with van der Waals surface area (Å²) in [6.45, 7) is 6.35. The van der Waals surface area contributed by atoms with Crippen LogP contribution in [0.25, 0.3) is 0 Å². The molecule has 1 saturated carbocycles. The van der Waals surface area contributed by atoms with Crippen LogP contribution in [0.5, 0.6) is 0 Å². The molecule has 16 heavy (non-hydrogen) atoms. The maximum Gasteiger partial charge on any atom is 0.119 e. The lowest BCUT2D eigenvalue weighted by atomic mass is 9.78. The number of alkyl halides is 2. The minimum atomic E-state index is -0.891. The minimum Gasteiger partial charge on any atom is -0.244 e. The first kappa shape index (κ1) is 12.1. The molecule has 0 saturated heterocycles. The third-order valence-corrected chi connectivity index (χ3v) is 3.91. The molecule has 0 aromatic carbocycles. The van der Waals surface area contributed by atoms with Crippen molar-refractivity contribution in [3.05, 3.63) is 11.6 Å². The lowest BCUT2D eigenvalue weighted by Gasteiger charge is -2.27. The molecule has 0 aromatic rings. The number of hydrogen-bond acceptors (Lipinski definition) is 0. The number of rotatable bonds is 3. The molecule has 2 atom stereocenters. The standard InChI is InChI=1S/C14H22F2/c1-13(2,3)12-9-11(15)8-10(12)4-5-14(16)6-7-14/h9-11H,4-8H2,1-3H3.